The van der Waals surface area contributed by atoms with Gasteiger partial charge in [0.25, 0.3) is 5.89 Å². The minimum atomic E-state index is -0.0961. The molecule has 5 nitrogen and oxygen atoms in total. The number of ether oxygens (including phenoxy) is 1. The van der Waals surface area contributed by atoms with Crippen molar-refractivity contribution in [3.05, 3.63) is 35.7 Å². The highest BCUT2D eigenvalue weighted by Gasteiger charge is 2.24. The predicted molar refractivity (Wildman–Crippen MR) is 75.3 cm³/mol. The van der Waals surface area contributed by atoms with Crippen molar-refractivity contribution in [2.75, 3.05) is 26.7 Å². The molecule has 0 spiro atoms. The van der Waals surface area contributed by atoms with Gasteiger partial charge in [-0.2, -0.15) is 4.98 Å². The van der Waals surface area contributed by atoms with Crippen molar-refractivity contribution >= 4 is 0 Å². The molecule has 0 radical (unpaired) electrons. The lowest BCUT2D eigenvalue weighted by Gasteiger charge is -2.27. The maximum atomic E-state index is 5.69. The Morgan fingerprint density at radius 2 is 2.10 bits per heavy atom. The maximum absolute atomic E-state index is 5.69. The van der Waals surface area contributed by atoms with Crippen LogP contribution >= 0.6 is 0 Å². The molecule has 0 amide bonds. The van der Waals surface area contributed by atoms with Crippen LogP contribution in [0.3, 0.4) is 0 Å². The lowest BCUT2D eigenvalue weighted by Crippen LogP contribution is -2.35. The Kier molecular flexibility index (Phi) is 3.80. The summed E-state index contributed by atoms with van der Waals surface area (Å²) in [5, 5.41) is 4.06. The summed E-state index contributed by atoms with van der Waals surface area (Å²) in [6.07, 6.45) is 0.929. The molecule has 1 aromatic carbocycles. The third-order valence-electron chi connectivity index (χ3n) is 3.61. The van der Waals surface area contributed by atoms with E-state index in [1.165, 1.54) is 5.56 Å². The fourth-order valence-corrected chi connectivity index (χ4v) is 2.30. The van der Waals surface area contributed by atoms with Crippen LogP contribution in [0.4, 0.5) is 0 Å². The number of rotatable bonds is 3. The van der Waals surface area contributed by atoms with E-state index in [0.29, 0.717) is 18.3 Å². The third kappa shape index (κ3) is 2.73. The van der Waals surface area contributed by atoms with Gasteiger partial charge in [0.1, 0.15) is 6.10 Å². The normalized spacial score (nSPS) is 20.2. The largest absolute Gasteiger partial charge is 0.367 e. The van der Waals surface area contributed by atoms with Crippen LogP contribution in [0.5, 0.6) is 0 Å². The molecule has 2 aromatic rings. The van der Waals surface area contributed by atoms with Gasteiger partial charge in [-0.15, -0.1) is 0 Å². The molecule has 1 atom stereocenters. The van der Waals surface area contributed by atoms with E-state index in [4.69, 9.17) is 9.26 Å². The zero-order valence-electron chi connectivity index (χ0n) is 11.9. The fraction of sp³-hybridized carbons (Fsp3) is 0.467. The molecule has 20 heavy (non-hydrogen) atoms. The Hall–Kier alpha value is -1.72. The third-order valence-corrected chi connectivity index (χ3v) is 3.61. The van der Waals surface area contributed by atoms with Gasteiger partial charge in [0.2, 0.25) is 5.82 Å². The van der Waals surface area contributed by atoms with E-state index < -0.39 is 0 Å². The van der Waals surface area contributed by atoms with Gasteiger partial charge in [-0.05, 0) is 31.2 Å². The molecule has 0 N–H and O–H groups in total. The number of hydrogen-bond donors (Lipinski definition) is 0. The molecule has 2 heterocycles. The van der Waals surface area contributed by atoms with Crippen LogP contribution in [0.15, 0.2) is 28.8 Å². The van der Waals surface area contributed by atoms with E-state index in [1.807, 2.05) is 12.1 Å². The van der Waals surface area contributed by atoms with Gasteiger partial charge < -0.3 is 14.2 Å². The first kappa shape index (κ1) is 13.3. The second-order valence-corrected chi connectivity index (χ2v) is 5.13. The minimum absolute atomic E-state index is 0.0961. The van der Waals surface area contributed by atoms with Crippen LogP contribution in [-0.4, -0.2) is 41.8 Å². The Labute approximate surface area is 118 Å². The van der Waals surface area contributed by atoms with Crippen LogP contribution in [0, 0.1) is 0 Å². The van der Waals surface area contributed by atoms with E-state index in [-0.39, 0.29) is 6.10 Å². The van der Waals surface area contributed by atoms with Gasteiger partial charge in [0.15, 0.2) is 0 Å². The highest BCUT2D eigenvalue weighted by Crippen LogP contribution is 2.23. The summed E-state index contributed by atoms with van der Waals surface area (Å²) in [7, 11) is 2.07. The van der Waals surface area contributed by atoms with Crippen molar-refractivity contribution in [3.8, 4) is 11.5 Å². The molecule has 0 unspecified atom stereocenters. The van der Waals surface area contributed by atoms with Crippen molar-refractivity contribution in [2.45, 2.75) is 19.4 Å². The van der Waals surface area contributed by atoms with E-state index in [1.54, 1.807) is 0 Å². The molecule has 0 bridgehead atoms. The second-order valence-electron chi connectivity index (χ2n) is 5.13. The number of aromatic nitrogens is 2. The highest BCUT2D eigenvalue weighted by molar-refractivity contribution is 5.53. The van der Waals surface area contributed by atoms with Crippen molar-refractivity contribution in [2.24, 2.45) is 0 Å². The smallest absolute Gasteiger partial charge is 0.258 e. The average Bonchev–Trinajstić information content (AvgIpc) is 2.97. The van der Waals surface area contributed by atoms with Gasteiger partial charge in [0.05, 0.1) is 6.61 Å². The first-order valence-electron chi connectivity index (χ1n) is 6.99. The molecule has 5 heteroatoms. The van der Waals surface area contributed by atoms with Crippen molar-refractivity contribution in [1.82, 2.24) is 15.0 Å². The number of nitrogens with zero attached hydrogens (tertiary/aromatic N) is 3. The SMILES string of the molecule is CCc1ccc(-c2nc([C@H]3CN(C)CCO3)no2)cc1. The lowest BCUT2D eigenvalue weighted by molar-refractivity contribution is -0.0264. The van der Waals surface area contributed by atoms with Gasteiger partial charge >= 0.3 is 0 Å². The molecular weight excluding hydrogens is 254 g/mol. The van der Waals surface area contributed by atoms with Crippen LogP contribution in [0.25, 0.3) is 11.5 Å². The number of aryl methyl sites for hydroxylation is 1. The zero-order chi connectivity index (χ0) is 13.9. The molecule has 1 fully saturated rings. The number of benzene rings is 1. The summed E-state index contributed by atoms with van der Waals surface area (Å²) in [4.78, 5) is 6.67. The molecule has 106 valence electrons. The van der Waals surface area contributed by atoms with E-state index >= 15 is 0 Å². The first-order valence-corrected chi connectivity index (χ1v) is 6.99. The van der Waals surface area contributed by atoms with Crippen LogP contribution < -0.4 is 0 Å². The summed E-state index contributed by atoms with van der Waals surface area (Å²) >= 11 is 0. The molecule has 1 aromatic heterocycles. The fourth-order valence-electron chi connectivity index (χ4n) is 2.30. The van der Waals surface area contributed by atoms with Crippen LogP contribution in [0.2, 0.25) is 0 Å². The maximum Gasteiger partial charge on any atom is 0.258 e. The molecule has 0 aliphatic carbocycles. The molecule has 1 aliphatic heterocycles. The van der Waals surface area contributed by atoms with Crippen molar-refractivity contribution in [3.63, 3.8) is 0 Å². The first-order chi connectivity index (χ1) is 9.76. The Morgan fingerprint density at radius 1 is 1.30 bits per heavy atom. The molecule has 1 aliphatic rings. The summed E-state index contributed by atoms with van der Waals surface area (Å²) in [5.41, 5.74) is 2.25. The van der Waals surface area contributed by atoms with Crippen molar-refractivity contribution < 1.29 is 9.26 Å². The lowest BCUT2D eigenvalue weighted by atomic mass is 10.1. The summed E-state index contributed by atoms with van der Waals surface area (Å²) in [6, 6.07) is 8.21. The minimum Gasteiger partial charge on any atom is -0.367 e. The van der Waals surface area contributed by atoms with Gasteiger partial charge in [-0.1, -0.05) is 24.2 Å². The van der Waals surface area contributed by atoms with Crippen LogP contribution in [-0.2, 0) is 11.2 Å². The molecule has 0 saturated carbocycles. The van der Waals surface area contributed by atoms with Gasteiger partial charge in [-0.25, -0.2) is 0 Å². The predicted octanol–water partition coefficient (Wildman–Crippen LogP) is 2.30. The summed E-state index contributed by atoms with van der Waals surface area (Å²) in [6.45, 7) is 4.58. The van der Waals surface area contributed by atoms with Gasteiger partial charge in [0, 0.05) is 18.7 Å². The topological polar surface area (TPSA) is 51.4 Å². The van der Waals surface area contributed by atoms with Crippen molar-refractivity contribution in [1.29, 1.82) is 0 Å². The number of morpholine rings is 1. The highest BCUT2D eigenvalue weighted by atomic mass is 16.5. The van der Waals surface area contributed by atoms with Gasteiger partial charge in [-0.3, -0.25) is 0 Å². The summed E-state index contributed by atoms with van der Waals surface area (Å²) in [5.74, 6) is 1.19. The van der Waals surface area contributed by atoms with Crippen LogP contribution in [0.1, 0.15) is 24.4 Å². The Morgan fingerprint density at radius 3 is 2.80 bits per heavy atom. The van der Waals surface area contributed by atoms with E-state index in [2.05, 4.69) is 41.1 Å². The second kappa shape index (κ2) is 5.73. The quantitative estimate of drug-likeness (QED) is 0.859. The number of likely N-dealkylation sites (N-methyl/N-ethyl adjacent to an activating group) is 1. The summed E-state index contributed by atoms with van der Waals surface area (Å²) < 4.78 is 11.0. The Balaban J connectivity index is 1.78. The molecule has 3 rings (SSSR count). The number of hydrogen-bond acceptors (Lipinski definition) is 5. The Bertz CT molecular complexity index is 565. The molecule has 1 saturated heterocycles. The van der Waals surface area contributed by atoms with E-state index in [0.717, 1.165) is 25.1 Å². The molecular formula is C15H19N3O2. The standard InChI is InChI=1S/C15H19N3O2/c1-3-11-4-6-12(7-5-11)15-16-14(17-20-15)13-10-18(2)8-9-19-13/h4-7,13H,3,8-10H2,1-2H3/t13-/m1/s1. The average molecular weight is 273 g/mol. The van der Waals surface area contributed by atoms with E-state index in [9.17, 15) is 0 Å². The zero-order valence-corrected chi connectivity index (χ0v) is 11.9. The monoisotopic (exact) mass is 273 g/mol.